The molecule has 1 aromatic carbocycles. The first-order valence-corrected chi connectivity index (χ1v) is 7.94. The van der Waals surface area contributed by atoms with Crippen molar-refractivity contribution in [3.05, 3.63) is 23.8 Å². The fraction of sp³-hybridized carbons (Fsp3) is 0.588. The van der Waals surface area contributed by atoms with Crippen LogP contribution in [0, 0.1) is 0 Å². The van der Waals surface area contributed by atoms with Crippen molar-refractivity contribution in [3.63, 3.8) is 0 Å². The molecule has 1 fully saturated rings. The second-order valence-electron chi connectivity index (χ2n) is 6.03. The van der Waals surface area contributed by atoms with Crippen molar-refractivity contribution in [1.29, 1.82) is 0 Å². The van der Waals surface area contributed by atoms with Crippen LogP contribution in [0.3, 0.4) is 0 Å². The molecular formula is C17H26N2O3. The predicted molar refractivity (Wildman–Crippen MR) is 86.7 cm³/mol. The first-order chi connectivity index (χ1) is 10.5. The minimum atomic E-state index is 0.00359. The van der Waals surface area contributed by atoms with Gasteiger partial charge in [0.1, 0.15) is 11.5 Å². The van der Waals surface area contributed by atoms with Gasteiger partial charge >= 0.3 is 0 Å². The minimum Gasteiger partial charge on any atom is -0.491 e. The summed E-state index contributed by atoms with van der Waals surface area (Å²) in [6, 6.07) is 5.46. The van der Waals surface area contributed by atoms with Crippen LogP contribution in [-0.2, 0) is 0 Å². The molecule has 1 N–H and O–H groups in total. The van der Waals surface area contributed by atoms with Crippen LogP contribution in [0.1, 0.15) is 38.1 Å². The van der Waals surface area contributed by atoms with Crippen LogP contribution in [0.15, 0.2) is 18.2 Å². The van der Waals surface area contributed by atoms with Crippen molar-refractivity contribution in [2.75, 3.05) is 26.2 Å². The van der Waals surface area contributed by atoms with E-state index in [1.807, 2.05) is 44.7 Å². The Bertz CT molecular complexity index is 509. The summed E-state index contributed by atoms with van der Waals surface area (Å²) in [5.74, 6) is 1.34. The highest BCUT2D eigenvalue weighted by molar-refractivity contribution is 5.97. The van der Waals surface area contributed by atoms with Crippen molar-refractivity contribution in [3.8, 4) is 11.5 Å². The van der Waals surface area contributed by atoms with Gasteiger partial charge in [-0.25, -0.2) is 0 Å². The first kappa shape index (κ1) is 16.6. The van der Waals surface area contributed by atoms with Crippen molar-refractivity contribution in [2.24, 2.45) is 0 Å². The molecule has 0 aliphatic carbocycles. The van der Waals surface area contributed by atoms with E-state index in [9.17, 15) is 4.79 Å². The van der Waals surface area contributed by atoms with Crippen LogP contribution in [0.25, 0.3) is 0 Å². The lowest BCUT2D eigenvalue weighted by molar-refractivity contribution is 0.0729. The van der Waals surface area contributed by atoms with E-state index in [4.69, 9.17) is 9.47 Å². The fourth-order valence-corrected chi connectivity index (χ4v) is 2.41. The Hall–Kier alpha value is -1.75. The lowest BCUT2D eigenvalue weighted by Crippen LogP contribution is -2.46. The minimum absolute atomic E-state index is 0.00359. The summed E-state index contributed by atoms with van der Waals surface area (Å²) < 4.78 is 11.5. The molecule has 1 amide bonds. The van der Waals surface area contributed by atoms with Gasteiger partial charge in [-0.05, 0) is 39.8 Å². The van der Waals surface area contributed by atoms with Crippen molar-refractivity contribution >= 4 is 5.91 Å². The van der Waals surface area contributed by atoms with Gasteiger partial charge in [-0.3, -0.25) is 4.79 Å². The van der Waals surface area contributed by atoms with Gasteiger partial charge in [-0.1, -0.05) is 0 Å². The summed E-state index contributed by atoms with van der Waals surface area (Å²) in [7, 11) is 0. The molecule has 0 radical (unpaired) electrons. The van der Waals surface area contributed by atoms with Crippen LogP contribution in [-0.4, -0.2) is 49.2 Å². The van der Waals surface area contributed by atoms with Crippen LogP contribution >= 0.6 is 0 Å². The SMILES string of the molecule is CC(C)Oc1ccc(C(=O)N2CCNCC2)c(OC(C)C)c1. The molecule has 0 saturated carbocycles. The summed E-state index contributed by atoms with van der Waals surface area (Å²) >= 11 is 0. The number of benzene rings is 1. The molecule has 22 heavy (non-hydrogen) atoms. The number of carbonyl (C=O) groups is 1. The van der Waals surface area contributed by atoms with Gasteiger partial charge in [-0.2, -0.15) is 0 Å². The van der Waals surface area contributed by atoms with Crippen LogP contribution in [0.5, 0.6) is 11.5 Å². The third-order valence-electron chi connectivity index (χ3n) is 3.32. The lowest BCUT2D eigenvalue weighted by Gasteiger charge is -2.28. The van der Waals surface area contributed by atoms with Gasteiger partial charge in [0.15, 0.2) is 0 Å². The molecule has 1 aromatic rings. The van der Waals surface area contributed by atoms with Crippen LogP contribution < -0.4 is 14.8 Å². The van der Waals surface area contributed by atoms with Gasteiger partial charge in [0.25, 0.3) is 5.91 Å². The Balaban J connectivity index is 2.25. The highest BCUT2D eigenvalue weighted by atomic mass is 16.5. The Morgan fingerprint density at radius 3 is 2.32 bits per heavy atom. The maximum absolute atomic E-state index is 12.7. The monoisotopic (exact) mass is 306 g/mol. The lowest BCUT2D eigenvalue weighted by atomic mass is 10.1. The Morgan fingerprint density at radius 2 is 1.73 bits per heavy atom. The largest absolute Gasteiger partial charge is 0.491 e. The summed E-state index contributed by atoms with van der Waals surface area (Å²) in [4.78, 5) is 14.6. The van der Waals surface area contributed by atoms with Gasteiger partial charge in [-0.15, -0.1) is 0 Å². The molecule has 0 unspecified atom stereocenters. The standard InChI is InChI=1S/C17H26N2O3/c1-12(2)21-14-5-6-15(16(11-14)22-13(3)4)17(20)19-9-7-18-8-10-19/h5-6,11-13,18H,7-10H2,1-4H3. The maximum Gasteiger partial charge on any atom is 0.257 e. The van der Waals surface area contributed by atoms with Gasteiger partial charge in [0.2, 0.25) is 0 Å². The molecule has 0 spiro atoms. The van der Waals surface area contributed by atoms with Crippen LogP contribution in [0.2, 0.25) is 0 Å². The van der Waals surface area contributed by atoms with Crippen LogP contribution in [0.4, 0.5) is 0 Å². The molecule has 1 aliphatic heterocycles. The zero-order valence-corrected chi connectivity index (χ0v) is 13.9. The van der Waals surface area contributed by atoms with Gasteiger partial charge < -0.3 is 19.7 Å². The second kappa shape index (κ2) is 7.49. The number of nitrogens with zero attached hydrogens (tertiary/aromatic N) is 1. The zero-order valence-electron chi connectivity index (χ0n) is 13.9. The smallest absolute Gasteiger partial charge is 0.257 e. The zero-order chi connectivity index (χ0) is 16.1. The first-order valence-electron chi connectivity index (χ1n) is 7.94. The molecule has 0 aromatic heterocycles. The highest BCUT2D eigenvalue weighted by Gasteiger charge is 2.22. The second-order valence-corrected chi connectivity index (χ2v) is 6.03. The number of ether oxygens (including phenoxy) is 2. The molecule has 122 valence electrons. The van der Waals surface area contributed by atoms with Crippen molar-refractivity contribution in [2.45, 2.75) is 39.9 Å². The fourth-order valence-electron chi connectivity index (χ4n) is 2.41. The molecule has 1 heterocycles. The van der Waals surface area contributed by atoms with Gasteiger partial charge in [0.05, 0.1) is 17.8 Å². The van der Waals surface area contributed by atoms with Gasteiger partial charge in [0, 0.05) is 32.2 Å². The van der Waals surface area contributed by atoms with E-state index in [1.165, 1.54) is 0 Å². The van der Waals surface area contributed by atoms with E-state index in [-0.39, 0.29) is 18.1 Å². The van der Waals surface area contributed by atoms with E-state index in [2.05, 4.69) is 5.32 Å². The molecule has 0 atom stereocenters. The quantitative estimate of drug-likeness (QED) is 0.907. The van der Waals surface area contributed by atoms with E-state index >= 15 is 0 Å². The summed E-state index contributed by atoms with van der Waals surface area (Å²) in [5, 5.41) is 3.25. The Labute approximate surface area is 132 Å². The maximum atomic E-state index is 12.7. The van der Waals surface area contributed by atoms with E-state index in [0.29, 0.717) is 11.3 Å². The molecule has 5 nitrogen and oxygen atoms in total. The van der Waals surface area contributed by atoms with E-state index in [0.717, 1.165) is 31.9 Å². The van der Waals surface area contributed by atoms with E-state index < -0.39 is 0 Å². The molecule has 1 saturated heterocycles. The number of piperazine rings is 1. The molecule has 0 bridgehead atoms. The summed E-state index contributed by atoms with van der Waals surface area (Å²) in [5.41, 5.74) is 0.603. The molecule has 2 rings (SSSR count). The molecule has 5 heteroatoms. The molecule has 1 aliphatic rings. The summed E-state index contributed by atoms with van der Waals surface area (Å²) in [6.45, 7) is 11.0. The third kappa shape index (κ3) is 4.37. The van der Waals surface area contributed by atoms with E-state index in [1.54, 1.807) is 6.07 Å². The predicted octanol–water partition coefficient (Wildman–Crippen LogP) is 2.31. The topological polar surface area (TPSA) is 50.8 Å². The number of hydrogen-bond donors (Lipinski definition) is 1. The number of hydrogen-bond acceptors (Lipinski definition) is 4. The Kier molecular flexibility index (Phi) is 5.66. The van der Waals surface area contributed by atoms with Crippen molar-refractivity contribution < 1.29 is 14.3 Å². The Morgan fingerprint density at radius 1 is 1.09 bits per heavy atom. The number of carbonyl (C=O) groups excluding carboxylic acids is 1. The number of rotatable bonds is 5. The normalized spacial score (nSPS) is 15.3. The van der Waals surface area contributed by atoms with Crippen molar-refractivity contribution in [1.82, 2.24) is 10.2 Å². The highest BCUT2D eigenvalue weighted by Crippen LogP contribution is 2.28. The average Bonchev–Trinajstić information content (AvgIpc) is 2.46. The third-order valence-corrected chi connectivity index (χ3v) is 3.32. The molecular weight excluding hydrogens is 280 g/mol. The number of nitrogens with one attached hydrogen (secondary N) is 1. The average molecular weight is 306 g/mol. The number of amides is 1. The summed E-state index contributed by atoms with van der Waals surface area (Å²) in [6.07, 6.45) is 0.0884.